The Balaban J connectivity index is 1.95. The van der Waals surface area contributed by atoms with Crippen LogP contribution in [0, 0.1) is 4.77 Å². The fourth-order valence-electron chi connectivity index (χ4n) is 3.37. The molecule has 0 saturated carbocycles. The molecule has 2 heterocycles. The number of aromatic amines is 1. The van der Waals surface area contributed by atoms with E-state index in [2.05, 4.69) is 21.5 Å². The minimum absolute atomic E-state index is 0.00660. The Morgan fingerprint density at radius 1 is 1.11 bits per heavy atom. The normalized spacial score (nSPS) is 11.3. The highest BCUT2D eigenvalue weighted by atomic mass is 32.1. The van der Waals surface area contributed by atoms with Crippen LogP contribution in [0.3, 0.4) is 0 Å². The lowest BCUT2D eigenvalue weighted by molar-refractivity contribution is 0.447. The fourth-order valence-corrected chi connectivity index (χ4v) is 3.63. The van der Waals surface area contributed by atoms with E-state index in [-0.39, 0.29) is 11.5 Å². The van der Waals surface area contributed by atoms with E-state index in [1.165, 1.54) is 6.07 Å². The van der Waals surface area contributed by atoms with Gasteiger partial charge in [0.25, 0.3) is 0 Å². The van der Waals surface area contributed by atoms with Gasteiger partial charge in [-0.2, -0.15) is 0 Å². The Hall–Kier alpha value is -3.06. The number of hydrogen-bond acceptors (Lipinski definition) is 4. The first kappa shape index (κ1) is 17.4. The van der Waals surface area contributed by atoms with Gasteiger partial charge >= 0.3 is 0 Å². The average Bonchev–Trinajstić information content (AvgIpc) is 3.24. The van der Waals surface area contributed by atoms with E-state index in [1.807, 2.05) is 36.0 Å². The second-order valence-electron chi connectivity index (χ2n) is 6.37. The summed E-state index contributed by atoms with van der Waals surface area (Å²) in [4.78, 5) is 7.48. The number of hydrogen-bond donors (Lipinski definition) is 3. The first-order chi connectivity index (χ1) is 13.0. The largest absolute Gasteiger partial charge is 0.508 e. The molecule has 4 rings (SSSR count). The Bertz CT molecular complexity index is 1200. The van der Waals surface area contributed by atoms with E-state index in [0.29, 0.717) is 16.8 Å². The minimum atomic E-state index is 0.00660. The molecule has 27 heavy (non-hydrogen) atoms. The van der Waals surface area contributed by atoms with Crippen LogP contribution in [0.15, 0.2) is 42.9 Å². The molecule has 6 nitrogen and oxygen atoms in total. The third kappa shape index (κ3) is 2.80. The fraction of sp³-hybridized carbons (Fsp3) is 0.200. The van der Waals surface area contributed by atoms with Gasteiger partial charge < -0.3 is 19.8 Å². The molecular formula is C20H20N4O2S. The Kier molecular flexibility index (Phi) is 4.24. The minimum Gasteiger partial charge on any atom is -0.508 e. The zero-order valence-electron chi connectivity index (χ0n) is 15.1. The van der Waals surface area contributed by atoms with Crippen LogP contribution in [-0.2, 0) is 13.0 Å². The lowest BCUT2D eigenvalue weighted by atomic mass is 10.0. The van der Waals surface area contributed by atoms with E-state index >= 15 is 0 Å². The maximum absolute atomic E-state index is 10.4. The molecule has 0 saturated heterocycles. The smallest absolute Gasteiger partial charge is 0.182 e. The highest BCUT2D eigenvalue weighted by molar-refractivity contribution is 7.71. The third-order valence-corrected chi connectivity index (χ3v) is 5.13. The monoisotopic (exact) mass is 380 g/mol. The first-order valence-electron chi connectivity index (χ1n) is 8.84. The molecule has 0 bridgehead atoms. The van der Waals surface area contributed by atoms with Crippen LogP contribution in [0.4, 0.5) is 0 Å². The molecule has 2 aromatic carbocycles. The number of nitrogens with zero attached hydrogens (tertiary/aromatic N) is 3. The van der Waals surface area contributed by atoms with Gasteiger partial charge in [-0.3, -0.25) is 4.57 Å². The lowest BCUT2D eigenvalue weighted by Crippen LogP contribution is -1.99. The number of phenols is 2. The van der Waals surface area contributed by atoms with Crippen LogP contribution in [0.1, 0.15) is 19.4 Å². The molecule has 4 aromatic rings. The summed E-state index contributed by atoms with van der Waals surface area (Å²) in [6.45, 7) is 4.85. The van der Waals surface area contributed by atoms with Crippen LogP contribution >= 0.6 is 12.2 Å². The van der Waals surface area contributed by atoms with Crippen LogP contribution in [-0.4, -0.2) is 29.3 Å². The van der Waals surface area contributed by atoms with Gasteiger partial charge in [0.15, 0.2) is 4.77 Å². The number of aromatic nitrogens is 4. The summed E-state index contributed by atoms with van der Waals surface area (Å²) < 4.78 is 4.48. The lowest BCUT2D eigenvalue weighted by Gasteiger charge is -2.13. The van der Waals surface area contributed by atoms with E-state index in [4.69, 9.17) is 12.2 Å². The Morgan fingerprint density at radius 2 is 1.93 bits per heavy atom. The molecule has 138 valence electrons. The molecule has 0 spiro atoms. The number of aromatic hydroxyl groups is 2. The Morgan fingerprint density at radius 3 is 2.67 bits per heavy atom. The second kappa shape index (κ2) is 6.59. The summed E-state index contributed by atoms with van der Waals surface area (Å²) in [5, 5.41) is 20.4. The van der Waals surface area contributed by atoms with Crippen molar-refractivity contribution in [2.24, 2.45) is 0 Å². The predicted molar refractivity (Wildman–Crippen MR) is 108 cm³/mol. The number of phenolic OH excluding ortho intramolecular Hbond substituents is 2. The molecular weight excluding hydrogens is 360 g/mol. The molecule has 0 fully saturated rings. The van der Waals surface area contributed by atoms with Crippen molar-refractivity contribution in [2.75, 3.05) is 0 Å². The van der Waals surface area contributed by atoms with Gasteiger partial charge in [0, 0.05) is 24.4 Å². The SMILES string of the molecule is CCc1cc(-c2c[nH]c(=S)n2-c2ccc3ncn(CC)c3c2)c(O)cc1O. The molecule has 0 aliphatic rings. The van der Waals surface area contributed by atoms with Crippen LogP contribution in [0.2, 0.25) is 0 Å². The zero-order chi connectivity index (χ0) is 19.1. The number of aryl methyl sites for hydroxylation is 2. The van der Waals surface area contributed by atoms with Crippen molar-refractivity contribution in [1.29, 1.82) is 0 Å². The quantitative estimate of drug-likeness (QED) is 0.454. The van der Waals surface area contributed by atoms with Crippen molar-refractivity contribution in [1.82, 2.24) is 19.1 Å². The predicted octanol–water partition coefficient (Wildman–Crippen LogP) is 4.55. The highest BCUT2D eigenvalue weighted by Crippen LogP contribution is 2.36. The molecule has 0 unspecified atom stereocenters. The summed E-state index contributed by atoms with van der Waals surface area (Å²) in [6.07, 6.45) is 4.26. The number of imidazole rings is 2. The summed E-state index contributed by atoms with van der Waals surface area (Å²) >= 11 is 5.50. The van der Waals surface area contributed by atoms with Gasteiger partial charge in [-0.1, -0.05) is 6.92 Å². The standard InChI is InChI=1S/C20H20N4O2S/c1-3-12-7-14(19(26)9-18(12)25)17-10-21-20(27)24(17)13-5-6-15-16(8-13)23(4-2)11-22-15/h5-11,25-26H,3-4H2,1-2H3,(H,21,27). The summed E-state index contributed by atoms with van der Waals surface area (Å²) in [6, 6.07) is 9.14. The molecule has 0 aliphatic carbocycles. The van der Waals surface area contributed by atoms with E-state index < -0.39 is 0 Å². The van der Waals surface area contributed by atoms with E-state index in [0.717, 1.165) is 34.5 Å². The van der Waals surface area contributed by atoms with Gasteiger partial charge in [-0.15, -0.1) is 0 Å². The second-order valence-corrected chi connectivity index (χ2v) is 6.76. The van der Waals surface area contributed by atoms with Crippen molar-refractivity contribution in [2.45, 2.75) is 26.8 Å². The van der Waals surface area contributed by atoms with Crippen LogP contribution < -0.4 is 0 Å². The molecule has 7 heteroatoms. The number of fused-ring (bicyclic) bond motifs is 1. The maximum atomic E-state index is 10.4. The molecule has 3 N–H and O–H groups in total. The average molecular weight is 380 g/mol. The van der Waals surface area contributed by atoms with Crippen molar-refractivity contribution >= 4 is 23.3 Å². The molecule has 2 aromatic heterocycles. The number of rotatable bonds is 4. The van der Waals surface area contributed by atoms with Crippen LogP contribution in [0.5, 0.6) is 11.5 Å². The van der Waals surface area contributed by atoms with Gasteiger partial charge in [0.2, 0.25) is 0 Å². The van der Waals surface area contributed by atoms with Gasteiger partial charge in [0.05, 0.1) is 28.7 Å². The van der Waals surface area contributed by atoms with Crippen molar-refractivity contribution < 1.29 is 10.2 Å². The van der Waals surface area contributed by atoms with Crippen molar-refractivity contribution in [3.63, 3.8) is 0 Å². The topological polar surface area (TPSA) is 79.0 Å². The molecule has 0 radical (unpaired) electrons. The summed E-state index contributed by atoms with van der Waals surface area (Å²) in [5.74, 6) is 0.0971. The molecule has 0 amide bonds. The summed E-state index contributed by atoms with van der Waals surface area (Å²) in [7, 11) is 0. The van der Waals surface area contributed by atoms with E-state index in [1.54, 1.807) is 12.3 Å². The van der Waals surface area contributed by atoms with Gasteiger partial charge in [-0.25, -0.2) is 4.98 Å². The van der Waals surface area contributed by atoms with E-state index in [9.17, 15) is 10.2 Å². The zero-order valence-corrected chi connectivity index (χ0v) is 15.9. The Labute approximate surface area is 161 Å². The molecule has 0 aliphatic heterocycles. The van der Waals surface area contributed by atoms with Crippen molar-refractivity contribution in [3.8, 4) is 28.4 Å². The number of H-pyrrole nitrogens is 1. The maximum Gasteiger partial charge on any atom is 0.182 e. The van der Waals surface area contributed by atoms with Crippen LogP contribution in [0.25, 0.3) is 28.0 Å². The number of nitrogens with one attached hydrogen (secondary N) is 1. The number of benzene rings is 2. The molecule has 0 atom stereocenters. The van der Waals surface area contributed by atoms with Gasteiger partial charge in [0.1, 0.15) is 11.5 Å². The van der Waals surface area contributed by atoms with Crippen molar-refractivity contribution in [3.05, 3.63) is 53.2 Å². The first-order valence-corrected chi connectivity index (χ1v) is 9.25. The van der Waals surface area contributed by atoms with Gasteiger partial charge in [-0.05, 0) is 55.4 Å². The highest BCUT2D eigenvalue weighted by Gasteiger charge is 2.16. The third-order valence-electron chi connectivity index (χ3n) is 4.83. The summed E-state index contributed by atoms with van der Waals surface area (Å²) in [5.41, 5.74) is 4.93.